The number of nitrogens with zero attached hydrogens (tertiary/aromatic N) is 1. The van der Waals surface area contributed by atoms with E-state index in [0.717, 1.165) is 38.3 Å². The second kappa shape index (κ2) is 5.85. The van der Waals surface area contributed by atoms with E-state index < -0.39 is 0 Å². The average Bonchev–Trinajstić information content (AvgIpc) is 2.92. The Hall–Kier alpha value is -1.87. The van der Waals surface area contributed by atoms with Crippen molar-refractivity contribution in [3.05, 3.63) is 59.4 Å². The van der Waals surface area contributed by atoms with E-state index in [1.54, 1.807) is 0 Å². The molecule has 3 rings (SSSR count). The number of hydrogen-bond acceptors (Lipinski definition) is 3. The average molecular weight is 254 g/mol. The lowest BCUT2D eigenvalue weighted by atomic mass is 10.1. The summed E-state index contributed by atoms with van der Waals surface area (Å²) in [5, 5.41) is 3.46. The molecule has 0 saturated carbocycles. The highest BCUT2D eigenvalue weighted by molar-refractivity contribution is 5.39. The molecule has 1 aliphatic heterocycles. The molecule has 1 aliphatic rings. The third kappa shape index (κ3) is 3.12. The van der Waals surface area contributed by atoms with Crippen molar-refractivity contribution in [1.82, 2.24) is 10.3 Å². The molecule has 1 aromatic heterocycles. The van der Waals surface area contributed by atoms with E-state index in [9.17, 15) is 0 Å². The van der Waals surface area contributed by atoms with Gasteiger partial charge in [0, 0.05) is 25.4 Å². The molecule has 3 nitrogen and oxygen atoms in total. The van der Waals surface area contributed by atoms with E-state index in [0.29, 0.717) is 0 Å². The minimum Gasteiger partial charge on any atom is -0.493 e. The third-order valence-electron chi connectivity index (χ3n) is 3.42. The molecule has 3 heteroatoms. The smallest absolute Gasteiger partial charge is 0.122 e. The van der Waals surface area contributed by atoms with Gasteiger partial charge in [-0.2, -0.15) is 0 Å². The predicted molar refractivity (Wildman–Crippen MR) is 75.3 cm³/mol. The molecule has 0 fully saturated rings. The summed E-state index contributed by atoms with van der Waals surface area (Å²) in [5.74, 6) is 1.06. The Bertz CT molecular complexity index is 540. The zero-order chi connectivity index (χ0) is 12.9. The van der Waals surface area contributed by atoms with Crippen LogP contribution in [0.1, 0.15) is 16.7 Å². The molecule has 1 N–H and O–H groups in total. The van der Waals surface area contributed by atoms with Crippen molar-refractivity contribution in [2.45, 2.75) is 19.4 Å². The van der Waals surface area contributed by atoms with Gasteiger partial charge in [-0.1, -0.05) is 12.1 Å². The number of aromatic nitrogens is 1. The Labute approximate surface area is 113 Å². The molecule has 2 aromatic rings. The van der Waals surface area contributed by atoms with Crippen molar-refractivity contribution in [3.63, 3.8) is 0 Å². The SMILES string of the molecule is c1cc(CNCCc2ccc3c(c2)CCO3)ccn1. The second-order valence-electron chi connectivity index (χ2n) is 4.82. The monoisotopic (exact) mass is 254 g/mol. The van der Waals surface area contributed by atoms with Crippen LogP contribution in [0.3, 0.4) is 0 Å². The molecule has 0 bridgehead atoms. The fourth-order valence-electron chi connectivity index (χ4n) is 2.36. The summed E-state index contributed by atoms with van der Waals surface area (Å²) >= 11 is 0. The Morgan fingerprint density at radius 1 is 1.11 bits per heavy atom. The molecule has 0 atom stereocenters. The molecule has 0 amide bonds. The fraction of sp³-hybridized carbons (Fsp3) is 0.312. The van der Waals surface area contributed by atoms with Gasteiger partial charge in [0.15, 0.2) is 0 Å². The maximum Gasteiger partial charge on any atom is 0.122 e. The number of hydrogen-bond donors (Lipinski definition) is 1. The van der Waals surface area contributed by atoms with Crippen molar-refractivity contribution in [2.24, 2.45) is 0 Å². The number of nitrogens with one attached hydrogen (secondary N) is 1. The highest BCUT2D eigenvalue weighted by atomic mass is 16.5. The Kier molecular flexibility index (Phi) is 3.75. The minimum absolute atomic E-state index is 0.832. The highest BCUT2D eigenvalue weighted by Gasteiger charge is 2.11. The summed E-state index contributed by atoms with van der Waals surface area (Å²) < 4.78 is 5.52. The molecular formula is C16H18N2O. The normalized spacial score (nSPS) is 13.1. The number of benzene rings is 1. The van der Waals surface area contributed by atoms with Crippen molar-refractivity contribution >= 4 is 0 Å². The van der Waals surface area contributed by atoms with Gasteiger partial charge in [0.25, 0.3) is 0 Å². The van der Waals surface area contributed by atoms with Gasteiger partial charge >= 0.3 is 0 Å². The molecule has 2 heterocycles. The molecule has 0 radical (unpaired) electrons. The zero-order valence-electron chi connectivity index (χ0n) is 10.9. The lowest BCUT2D eigenvalue weighted by molar-refractivity contribution is 0.357. The van der Waals surface area contributed by atoms with Crippen LogP contribution in [0.2, 0.25) is 0 Å². The van der Waals surface area contributed by atoms with Gasteiger partial charge in [0.1, 0.15) is 5.75 Å². The summed E-state index contributed by atoms with van der Waals surface area (Å²) in [4.78, 5) is 4.01. The van der Waals surface area contributed by atoms with E-state index in [-0.39, 0.29) is 0 Å². The zero-order valence-corrected chi connectivity index (χ0v) is 10.9. The van der Waals surface area contributed by atoms with Crippen LogP contribution in [0.5, 0.6) is 5.75 Å². The van der Waals surface area contributed by atoms with Crippen LogP contribution in [0.15, 0.2) is 42.7 Å². The van der Waals surface area contributed by atoms with Gasteiger partial charge in [-0.05, 0) is 47.9 Å². The van der Waals surface area contributed by atoms with Crippen LogP contribution < -0.4 is 10.1 Å². The largest absolute Gasteiger partial charge is 0.493 e. The topological polar surface area (TPSA) is 34.1 Å². The molecule has 0 unspecified atom stereocenters. The second-order valence-corrected chi connectivity index (χ2v) is 4.82. The quantitative estimate of drug-likeness (QED) is 0.832. The maximum atomic E-state index is 5.52. The van der Waals surface area contributed by atoms with Crippen LogP contribution in [-0.2, 0) is 19.4 Å². The van der Waals surface area contributed by atoms with Gasteiger partial charge in [-0.15, -0.1) is 0 Å². The van der Waals surface area contributed by atoms with E-state index >= 15 is 0 Å². The van der Waals surface area contributed by atoms with Gasteiger partial charge in [-0.3, -0.25) is 4.98 Å². The van der Waals surface area contributed by atoms with E-state index in [4.69, 9.17) is 4.74 Å². The van der Waals surface area contributed by atoms with Crippen LogP contribution in [0.4, 0.5) is 0 Å². The predicted octanol–water partition coefficient (Wildman–Crippen LogP) is 2.35. The summed E-state index contributed by atoms with van der Waals surface area (Å²) in [5.41, 5.74) is 4.01. The molecule has 98 valence electrons. The number of pyridine rings is 1. The summed E-state index contributed by atoms with van der Waals surface area (Å²) in [6.45, 7) is 2.72. The Morgan fingerprint density at radius 3 is 2.89 bits per heavy atom. The molecule has 1 aromatic carbocycles. The number of ether oxygens (including phenoxy) is 1. The van der Waals surface area contributed by atoms with Crippen molar-refractivity contribution in [1.29, 1.82) is 0 Å². The standard InChI is InChI=1S/C16H18N2O/c1-2-16-15(6-10-19-16)11-13(1)3-9-18-12-14-4-7-17-8-5-14/h1-2,4-5,7-8,11,18H,3,6,9-10,12H2. The molecule has 19 heavy (non-hydrogen) atoms. The van der Waals surface area contributed by atoms with E-state index in [1.165, 1.54) is 16.7 Å². The molecule has 0 aliphatic carbocycles. The summed E-state index contributed by atoms with van der Waals surface area (Å²) in [7, 11) is 0. The van der Waals surface area contributed by atoms with E-state index in [2.05, 4.69) is 28.5 Å². The van der Waals surface area contributed by atoms with Crippen molar-refractivity contribution in [2.75, 3.05) is 13.2 Å². The highest BCUT2D eigenvalue weighted by Crippen LogP contribution is 2.25. The van der Waals surface area contributed by atoms with Gasteiger partial charge in [-0.25, -0.2) is 0 Å². The first kappa shape index (κ1) is 12.2. The first-order chi connectivity index (χ1) is 9.42. The fourth-order valence-corrected chi connectivity index (χ4v) is 2.36. The van der Waals surface area contributed by atoms with Crippen LogP contribution in [0.25, 0.3) is 0 Å². The van der Waals surface area contributed by atoms with Crippen LogP contribution >= 0.6 is 0 Å². The molecule has 0 spiro atoms. The summed E-state index contributed by atoms with van der Waals surface area (Å²) in [6, 6.07) is 10.6. The molecule has 0 saturated heterocycles. The first-order valence-electron chi connectivity index (χ1n) is 6.76. The summed E-state index contributed by atoms with van der Waals surface area (Å²) in [6.07, 6.45) is 5.76. The number of fused-ring (bicyclic) bond motifs is 1. The first-order valence-corrected chi connectivity index (χ1v) is 6.76. The minimum atomic E-state index is 0.832. The Morgan fingerprint density at radius 2 is 2.00 bits per heavy atom. The lowest BCUT2D eigenvalue weighted by Crippen LogP contribution is -2.16. The third-order valence-corrected chi connectivity index (χ3v) is 3.42. The van der Waals surface area contributed by atoms with Crippen LogP contribution in [0, 0.1) is 0 Å². The van der Waals surface area contributed by atoms with E-state index in [1.807, 2.05) is 24.5 Å². The Balaban J connectivity index is 1.48. The van der Waals surface area contributed by atoms with Gasteiger partial charge in [0.2, 0.25) is 0 Å². The maximum absolute atomic E-state index is 5.52. The van der Waals surface area contributed by atoms with Crippen LogP contribution in [-0.4, -0.2) is 18.1 Å². The van der Waals surface area contributed by atoms with Crippen molar-refractivity contribution < 1.29 is 4.74 Å². The lowest BCUT2D eigenvalue weighted by Gasteiger charge is -2.06. The van der Waals surface area contributed by atoms with Gasteiger partial charge in [0.05, 0.1) is 6.61 Å². The number of rotatable bonds is 5. The molecular weight excluding hydrogens is 236 g/mol. The van der Waals surface area contributed by atoms with Gasteiger partial charge < -0.3 is 10.1 Å². The van der Waals surface area contributed by atoms with Crippen molar-refractivity contribution in [3.8, 4) is 5.75 Å².